The Balaban J connectivity index is 1.57. The SMILES string of the molecule is O=C(c1cccc([N+](=O)[O-])c1)[C@H]1[C@H]2C(=O)N(c3cccc(C(F)(F)F)c3)C(=O)[C@H]2[C@@H]2C=CC=NN21. The van der Waals surface area contributed by atoms with Crippen molar-refractivity contribution in [3.05, 3.63) is 81.9 Å². The fourth-order valence-electron chi connectivity index (χ4n) is 4.86. The van der Waals surface area contributed by atoms with Crippen molar-refractivity contribution in [3.63, 3.8) is 0 Å². The summed E-state index contributed by atoms with van der Waals surface area (Å²) in [6.07, 6.45) is -0.171. The number of nitro groups is 1. The third-order valence-electron chi connectivity index (χ3n) is 6.33. The van der Waals surface area contributed by atoms with Gasteiger partial charge in [0, 0.05) is 23.9 Å². The van der Waals surface area contributed by atoms with Crippen LogP contribution in [0.2, 0.25) is 0 Å². The van der Waals surface area contributed by atoms with Crippen molar-refractivity contribution in [1.82, 2.24) is 5.01 Å². The second kappa shape index (κ2) is 7.86. The molecule has 3 aliphatic heterocycles. The van der Waals surface area contributed by atoms with E-state index in [9.17, 15) is 37.7 Å². The van der Waals surface area contributed by atoms with Crippen molar-refractivity contribution in [2.45, 2.75) is 18.3 Å². The maximum absolute atomic E-state index is 13.5. The summed E-state index contributed by atoms with van der Waals surface area (Å²) in [7, 11) is 0. The standard InChI is InChI=1S/C23H15F3N4O5/c24-23(25,26)13-5-2-6-14(11-13)28-21(32)17-16-8-3-9-27-29(16)19(18(17)22(28)33)20(31)12-4-1-7-15(10-12)30(34)35/h1-11,16-19H/t16-,17-,18-,19+/m0/s1. The molecule has 178 valence electrons. The molecular formula is C23H15F3N4O5. The predicted molar refractivity (Wildman–Crippen MR) is 115 cm³/mol. The van der Waals surface area contributed by atoms with Crippen LogP contribution in [0.1, 0.15) is 15.9 Å². The third-order valence-corrected chi connectivity index (χ3v) is 6.33. The van der Waals surface area contributed by atoms with Crippen LogP contribution in [0.3, 0.4) is 0 Å². The Morgan fingerprint density at radius 2 is 1.74 bits per heavy atom. The molecule has 0 aromatic heterocycles. The van der Waals surface area contributed by atoms with Crippen molar-refractivity contribution < 1.29 is 32.5 Å². The number of fused-ring (bicyclic) bond motifs is 3. The Bertz CT molecular complexity index is 1340. The van der Waals surface area contributed by atoms with Gasteiger partial charge in [-0.3, -0.25) is 29.5 Å². The highest BCUT2D eigenvalue weighted by atomic mass is 19.4. The van der Waals surface area contributed by atoms with Crippen molar-refractivity contribution >= 4 is 35.2 Å². The van der Waals surface area contributed by atoms with Gasteiger partial charge in [-0.2, -0.15) is 18.3 Å². The summed E-state index contributed by atoms with van der Waals surface area (Å²) in [6.45, 7) is 0. The molecule has 35 heavy (non-hydrogen) atoms. The van der Waals surface area contributed by atoms with Crippen molar-refractivity contribution in [2.75, 3.05) is 4.90 Å². The number of nitro benzene ring substituents is 1. The molecule has 9 nitrogen and oxygen atoms in total. The van der Waals surface area contributed by atoms with E-state index >= 15 is 0 Å². The molecule has 0 radical (unpaired) electrons. The van der Waals surface area contributed by atoms with Gasteiger partial charge in [0.15, 0.2) is 5.78 Å². The van der Waals surface area contributed by atoms with Crippen LogP contribution in [0.25, 0.3) is 0 Å². The summed E-state index contributed by atoms with van der Waals surface area (Å²) in [5, 5.41) is 16.6. The molecule has 0 unspecified atom stereocenters. The summed E-state index contributed by atoms with van der Waals surface area (Å²) in [6, 6.07) is 6.73. The van der Waals surface area contributed by atoms with Gasteiger partial charge in [0.1, 0.15) is 6.04 Å². The van der Waals surface area contributed by atoms with E-state index in [1.807, 2.05) is 0 Å². The number of rotatable bonds is 4. The fourth-order valence-corrected chi connectivity index (χ4v) is 4.86. The van der Waals surface area contributed by atoms with Crippen LogP contribution in [0.15, 0.2) is 65.8 Å². The van der Waals surface area contributed by atoms with Crippen LogP contribution < -0.4 is 4.90 Å². The average Bonchev–Trinajstić information content (AvgIpc) is 3.30. The van der Waals surface area contributed by atoms with E-state index in [4.69, 9.17) is 0 Å². The number of imide groups is 1. The molecule has 2 aromatic carbocycles. The first-order valence-corrected chi connectivity index (χ1v) is 10.4. The van der Waals surface area contributed by atoms with Gasteiger partial charge >= 0.3 is 6.18 Å². The minimum atomic E-state index is -4.68. The number of halogens is 3. The predicted octanol–water partition coefficient (Wildman–Crippen LogP) is 3.21. The first kappa shape index (κ1) is 22.4. The molecule has 0 N–H and O–H groups in total. The maximum Gasteiger partial charge on any atom is 0.416 e. The minimum Gasteiger partial charge on any atom is -0.292 e. The molecule has 0 spiro atoms. The third kappa shape index (κ3) is 3.49. The van der Waals surface area contributed by atoms with E-state index in [-0.39, 0.29) is 16.9 Å². The molecule has 0 saturated carbocycles. The molecule has 2 amide bonds. The lowest BCUT2D eigenvalue weighted by atomic mass is 9.86. The monoisotopic (exact) mass is 484 g/mol. The van der Waals surface area contributed by atoms with Crippen LogP contribution in [0.5, 0.6) is 0 Å². The topological polar surface area (TPSA) is 113 Å². The molecule has 3 aliphatic rings. The second-order valence-electron chi connectivity index (χ2n) is 8.25. The lowest BCUT2D eigenvalue weighted by Gasteiger charge is -2.30. The second-order valence-corrected chi connectivity index (χ2v) is 8.25. The van der Waals surface area contributed by atoms with Gasteiger partial charge in [-0.15, -0.1) is 0 Å². The Hall–Kier alpha value is -4.35. The molecular weight excluding hydrogens is 469 g/mol. The number of non-ortho nitro benzene ring substituents is 1. The number of carbonyl (C=O) groups excluding carboxylic acids is 3. The summed E-state index contributed by atoms with van der Waals surface area (Å²) in [5.41, 5.74) is -1.66. The number of hydrogen-bond acceptors (Lipinski definition) is 7. The van der Waals surface area contributed by atoms with Crippen LogP contribution in [0.4, 0.5) is 24.5 Å². The van der Waals surface area contributed by atoms with E-state index in [0.29, 0.717) is 11.0 Å². The van der Waals surface area contributed by atoms with Gasteiger partial charge in [-0.25, -0.2) is 4.90 Å². The number of amides is 2. The number of allylic oxidation sites excluding steroid dienone is 1. The van der Waals surface area contributed by atoms with Crippen molar-refractivity contribution in [3.8, 4) is 0 Å². The van der Waals surface area contributed by atoms with Gasteiger partial charge in [0.05, 0.1) is 34.1 Å². The zero-order valence-electron chi connectivity index (χ0n) is 17.6. The number of anilines is 1. The van der Waals surface area contributed by atoms with Gasteiger partial charge in [-0.1, -0.05) is 24.3 Å². The summed E-state index contributed by atoms with van der Waals surface area (Å²) in [5.74, 6) is -4.55. The number of hydrazone groups is 1. The zero-order valence-corrected chi connectivity index (χ0v) is 17.6. The average molecular weight is 484 g/mol. The van der Waals surface area contributed by atoms with E-state index < -0.39 is 58.2 Å². The number of benzene rings is 2. The normalized spacial score (nSPS) is 25.1. The van der Waals surface area contributed by atoms with Crippen LogP contribution in [0, 0.1) is 22.0 Å². The number of alkyl halides is 3. The molecule has 2 fully saturated rings. The maximum atomic E-state index is 13.5. The van der Waals surface area contributed by atoms with Gasteiger partial charge in [0.25, 0.3) is 5.69 Å². The molecule has 0 aliphatic carbocycles. The van der Waals surface area contributed by atoms with E-state index in [0.717, 1.165) is 18.2 Å². The highest BCUT2D eigenvalue weighted by Crippen LogP contribution is 2.46. The quantitative estimate of drug-likeness (QED) is 0.285. The van der Waals surface area contributed by atoms with E-state index in [1.54, 1.807) is 12.2 Å². The Labute approximate surface area is 195 Å². The van der Waals surface area contributed by atoms with Gasteiger partial charge in [-0.05, 0) is 24.3 Å². The molecule has 2 saturated heterocycles. The van der Waals surface area contributed by atoms with Crippen molar-refractivity contribution in [1.29, 1.82) is 0 Å². The molecule has 4 atom stereocenters. The summed E-state index contributed by atoms with van der Waals surface area (Å²) < 4.78 is 39.7. The first-order chi connectivity index (χ1) is 16.6. The number of Topliss-reactive ketones (excluding diaryl/α,β-unsaturated/α-hetero) is 1. The fraction of sp³-hybridized carbons (Fsp3) is 0.217. The van der Waals surface area contributed by atoms with Crippen molar-refractivity contribution in [2.24, 2.45) is 16.9 Å². The minimum absolute atomic E-state index is 0.0499. The smallest absolute Gasteiger partial charge is 0.292 e. The number of hydrogen-bond donors (Lipinski definition) is 0. The first-order valence-electron chi connectivity index (χ1n) is 10.4. The van der Waals surface area contributed by atoms with Crippen LogP contribution in [-0.4, -0.2) is 45.8 Å². The zero-order chi connectivity index (χ0) is 25.1. The lowest BCUT2D eigenvalue weighted by Crippen LogP contribution is -2.46. The van der Waals surface area contributed by atoms with Gasteiger partial charge in [0.2, 0.25) is 11.8 Å². The summed E-state index contributed by atoms with van der Waals surface area (Å²) in [4.78, 5) is 51.5. The highest BCUT2D eigenvalue weighted by Gasteiger charge is 2.64. The molecule has 2 aromatic rings. The van der Waals surface area contributed by atoms with E-state index in [2.05, 4.69) is 5.10 Å². The number of carbonyl (C=O) groups is 3. The number of nitrogens with zero attached hydrogens (tertiary/aromatic N) is 4. The Morgan fingerprint density at radius 1 is 1.03 bits per heavy atom. The molecule has 12 heteroatoms. The lowest BCUT2D eigenvalue weighted by molar-refractivity contribution is -0.384. The van der Waals surface area contributed by atoms with Crippen LogP contribution in [-0.2, 0) is 15.8 Å². The highest BCUT2D eigenvalue weighted by molar-refractivity contribution is 6.24. The number of ketones is 1. The largest absolute Gasteiger partial charge is 0.416 e. The Kier molecular flexibility index (Phi) is 5.04. The molecule has 3 heterocycles. The van der Waals surface area contributed by atoms with Gasteiger partial charge < -0.3 is 0 Å². The van der Waals surface area contributed by atoms with E-state index in [1.165, 1.54) is 35.5 Å². The Morgan fingerprint density at radius 3 is 2.46 bits per heavy atom. The molecule has 0 bridgehead atoms. The summed E-state index contributed by atoms with van der Waals surface area (Å²) >= 11 is 0. The molecule has 5 rings (SSSR count). The van der Waals surface area contributed by atoms with Crippen LogP contribution >= 0.6 is 0 Å².